The predicted octanol–water partition coefficient (Wildman–Crippen LogP) is -0.0347. The van der Waals surface area contributed by atoms with Crippen LogP contribution >= 0.6 is 0 Å². The zero-order valence-electron chi connectivity index (χ0n) is 7.91. The molecule has 0 aromatic carbocycles. The van der Waals surface area contributed by atoms with Crippen LogP contribution in [0.2, 0.25) is 0 Å². The first-order valence-corrected chi connectivity index (χ1v) is 5.35. The van der Waals surface area contributed by atoms with Gasteiger partial charge in [0.25, 0.3) is 0 Å². The second kappa shape index (κ2) is 2.79. The molecule has 1 unspecified atom stereocenters. The van der Waals surface area contributed by atoms with Crippen LogP contribution in [0.15, 0.2) is 0 Å². The van der Waals surface area contributed by atoms with Gasteiger partial charge in [-0.05, 0) is 12.8 Å². The smallest absolute Gasteiger partial charge is 0.154 e. The monoisotopic (exact) mass is 180 g/mol. The number of rotatable bonds is 2. The molecule has 3 aliphatic heterocycles. The maximum atomic E-state index is 11.9. The fourth-order valence-electron chi connectivity index (χ4n) is 2.53. The van der Waals surface area contributed by atoms with E-state index in [4.69, 9.17) is 0 Å². The number of carbonyl (C=O) groups is 1. The van der Waals surface area contributed by atoms with Crippen molar-refractivity contribution in [1.29, 1.82) is 0 Å². The zero-order chi connectivity index (χ0) is 8.84. The first-order chi connectivity index (χ1) is 6.34. The van der Waals surface area contributed by atoms with E-state index < -0.39 is 0 Å². The Morgan fingerprint density at radius 2 is 1.77 bits per heavy atom. The molecule has 72 valence electrons. The van der Waals surface area contributed by atoms with Crippen molar-refractivity contribution in [1.82, 2.24) is 9.80 Å². The van der Waals surface area contributed by atoms with Crippen molar-refractivity contribution in [2.75, 3.05) is 32.7 Å². The summed E-state index contributed by atoms with van der Waals surface area (Å²) in [6.45, 7) is 5.59. The highest BCUT2D eigenvalue weighted by atomic mass is 16.1. The van der Waals surface area contributed by atoms with Crippen LogP contribution in [-0.2, 0) is 4.79 Å². The Hall–Kier alpha value is -0.410. The third-order valence-corrected chi connectivity index (χ3v) is 3.59. The summed E-state index contributed by atoms with van der Waals surface area (Å²) in [6.07, 6.45) is 2.31. The van der Waals surface area contributed by atoms with Gasteiger partial charge in [0, 0.05) is 38.6 Å². The fraction of sp³-hybridized carbons (Fsp3) is 0.900. The molecule has 3 heteroatoms. The molecule has 4 fully saturated rings. The average Bonchev–Trinajstić information content (AvgIpc) is 3.02. The molecular weight excluding hydrogens is 164 g/mol. The third-order valence-electron chi connectivity index (χ3n) is 3.59. The lowest BCUT2D eigenvalue weighted by Gasteiger charge is -2.46. The van der Waals surface area contributed by atoms with Crippen LogP contribution in [0.25, 0.3) is 0 Å². The molecule has 4 aliphatic rings. The molecular formula is C10H16N2O. The van der Waals surface area contributed by atoms with Crippen LogP contribution < -0.4 is 0 Å². The number of fused-ring (bicyclic) bond motifs is 3. The molecule has 3 heterocycles. The number of Topliss-reactive ketones (excluding diaryl/α,β-unsaturated/α-hetero) is 1. The van der Waals surface area contributed by atoms with Crippen molar-refractivity contribution >= 4 is 5.78 Å². The fourth-order valence-corrected chi connectivity index (χ4v) is 2.53. The average molecular weight is 180 g/mol. The molecule has 0 amide bonds. The van der Waals surface area contributed by atoms with Crippen LogP contribution in [0.1, 0.15) is 12.8 Å². The second-order valence-corrected chi connectivity index (χ2v) is 4.53. The summed E-state index contributed by atoms with van der Waals surface area (Å²) < 4.78 is 0. The van der Waals surface area contributed by atoms with Crippen LogP contribution in [0.4, 0.5) is 0 Å². The second-order valence-electron chi connectivity index (χ2n) is 4.53. The van der Waals surface area contributed by atoms with E-state index in [1.165, 1.54) is 13.1 Å². The lowest BCUT2D eigenvalue weighted by atomic mass is 10.0. The van der Waals surface area contributed by atoms with Crippen molar-refractivity contribution in [3.8, 4) is 0 Å². The van der Waals surface area contributed by atoms with E-state index in [9.17, 15) is 4.79 Å². The molecule has 3 saturated heterocycles. The Kier molecular flexibility index (Phi) is 1.70. The molecule has 1 saturated carbocycles. The van der Waals surface area contributed by atoms with Gasteiger partial charge in [-0.15, -0.1) is 0 Å². The molecule has 0 aromatic heterocycles. The van der Waals surface area contributed by atoms with Gasteiger partial charge in [-0.25, -0.2) is 0 Å². The number of piperazine rings is 3. The largest absolute Gasteiger partial charge is 0.299 e. The highest BCUT2D eigenvalue weighted by molar-refractivity contribution is 5.88. The van der Waals surface area contributed by atoms with Gasteiger partial charge in [-0.1, -0.05) is 0 Å². The normalized spacial score (nSPS) is 43.5. The molecule has 0 N–H and O–H groups in total. The highest BCUT2D eigenvalue weighted by Crippen LogP contribution is 2.33. The van der Waals surface area contributed by atoms with E-state index in [1.807, 2.05) is 0 Å². The molecule has 2 bridgehead atoms. The van der Waals surface area contributed by atoms with Crippen LogP contribution in [-0.4, -0.2) is 54.3 Å². The summed E-state index contributed by atoms with van der Waals surface area (Å²) in [5.41, 5.74) is 0. The van der Waals surface area contributed by atoms with E-state index in [-0.39, 0.29) is 6.04 Å². The van der Waals surface area contributed by atoms with Gasteiger partial charge in [-0.2, -0.15) is 0 Å². The van der Waals surface area contributed by atoms with E-state index in [0.717, 1.165) is 32.5 Å². The van der Waals surface area contributed by atoms with Crippen LogP contribution in [0.5, 0.6) is 0 Å². The van der Waals surface area contributed by atoms with Crippen molar-refractivity contribution in [2.24, 2.45) is 5.92 Å². The number of ketones is 1. The zero-order valence-corrected chi connectivity index (χ0v) is 7.91. The van der Waals surface area contributed by atoms with Gasteiger partial charge in [0.05, 0.1) is 6.04 Å². The number of hydrogen-bond donors (Lipinski definition) is 0. The van der Waals surface area contributed by atoms with Gasteiger partial charge in [0.1, 0.15) is 0 Å². The molecule has 1 atom stereocenters. The van der Waals surface area contributed by atoms with Crippen LogP contribution in [0, 0.1) is 5.92 Å². The minimum Gasteiger partial charge on any atom is -0.299 e. The Morgan fingerprint density at radius 3 is 2.23 bits per heavy atom. The standard InChI is InChI=1S/C10H16N2O/c13-10(8-1-2-8)9-7-11-3-5-12(9)6-4-11/h8-9H,1-7H2. The number of carbonyl (C=O) groups excluding carboxylic acids is 1. The van der Waals surface area contributed by atoms with E-state index in [2.05, 4.69) is 9.80 Å². The molecule has 0 spiro atoms. The lowest BCUT2D eigenvalue weighted by molar-refractivity contribution is -0.130. The van der Waals surface area contributed by atoms with Crippen molar-refractivity contribution < 1.29 is 4.79 Å². The van der Waals surface area contributed by atoms with E-state index >= 15 is 0 Å². The summed E-state index contributed by atoms with van der Waals surface area (Å²) in [7, 11) is 0. The van der Waals surface area contributed by atoms with E-state index in [0.29, 0.717) is 11.7 Å². The lowest BCUT2D eigenvalue weighted by Crippen LogP contribution is -2.63. The van der Waals surface area contributed by atoms with Gasteiger partial charge in [0.2, 0.25) is 0 Å². The number of nitrogens with zero attached hydrogens (tertiary/aromatic N) is 2. The maximum absolute atomic E-state index is 11.9. The molecule has 0 aromatic rings. The molecule has 1 aliphatic carbocycles. The van der Waals surface area contributed by atoms with Gasteiger partial charge in [0.15, 0.2) is 5.78 Å². The predicted molar refractivity (Wildman–Crippen MR) is 49.5 cm³/mol. The quantitative estimate of drug-likeness (QED) is 0.596. The van der Waals surface area contributed by atoms with Gasteiger partial charge >= 0.3 is 0 Å². The van der Waals surface area contributed by atoms with Crippen LogP contribution in [0.3, 0.4) is 0 Å². The number of hydrogen-bond acceptors (Lipinski definition) is 3. The van der Waals surface area contributed by atoms with Crippen molar-refractivity contribution in [3.63, 3.8) is 0 Å². The van der Waals surface area contributed by atoms with Gasteiger partial charge < -0.3 is 0 Å². The Morgan fingerprint density at radius 1 is 1.08 bits per heavy atom. The minimum absolute atomic E-state index is 0.259. The SMILES string of the molecule is O=C(C1CC1)C1CN2CCN1CC2. The molecule has 0 radical (unpaired) electrons. The Balaban J connectivity index is 1.73. The summed E-state index contributed by atoms with van der Waals surface area (Å²) in [6, 6.07) is 0.259. The first kappa shape index (κ1) is 7.94. The summed E-state index contributed by atoms with van der Waals surface area (Å²) in [5.74, 6) is 0.968. The third kappa shape index (κ3) is 1.30. The summed E-state index contributed by atoms with van der Waals surface area (Å²) in [4.78, 5) is 16.7. The Labute approximate surface area is 78.7 Å². The Bertz CT molecular complexity index is 229. The summed E-state index contributed by atoms with van der Waals surface area (Å²) >= 11 is 0. The maximum Gasteiger partial charge on any atom is 0.154 e. The molecule has 13 heavy (non-hydrogen) atoms. The summed E-state index contributed by atoms with van der Waals surface area (Å²) in [5, 5.41) is 0. The van der Waals surface area contributed by atoms with Crippen molar-refractivity contribution in [3.05, 3.63) is 0 Å². The molecule has 4 rings (SSSR count). The van der Waals surface area contributed by atoms with Crippen molar-refractivity contribution in [2.45, 2.75) is 18.9 Å². The minimum atomic E-state index is 0.259. The highest BCUT2D eigenvalue weighted by Gasteiger charge is 2.42. The van der Waals surface area contributed by atoms with E-state index in [1.54, 1.807) is 0 Å². The first-order valence-electron chi connectivity index (χ1n) is 5.35. The topological polar surface area (TPSA) is 23.6 Å². The molecule has 3 nitrogen and oxygen atoms in total. The van der Waals surface area contributed by atoms with Gasteiger partial charge in [-0.3, -0.25) is 14.6 Å².